The van der Waals surface area contributed by atoms with Crippen LogP contribution >= 0.6 is 0 Å². The molecule has 0 amide bonds. The van der Waals surface area contributed by atoms with Gasteiger partial charge in [0.2, 0.25) is 0 Å². The minimum absolute atomic E-state index is 0.900. The van der Waals surface area contributed by atoms with Crippen molar-refractivity contribution in [2.24, 2.45) is 5.84 Å². The van der Waals surface area contributed by atoms with Crippen LogP contribution in [0.3, 0.4) is 0 Å². The highest BCUT2D eigenvalue weighted by molar-refractivity contribution is 5.35. The van der Waals surface area contributed by atoms with Crippen molar-refractivity contribution in [3.05, 3.63) is 34.9 Å². The number of hydrogen-bond donors (Lipinski definition) is 1. The molecule has 0 fully saturated rings. The average molecular weight is 162 g/mol. The number of nitrogens with zero attached hydrogens (tertiary/aromatic N) is 1. The largest absolute Gasteiger partial charge is 0.268 e. The van der Waals surface area contributed by atoms with Crippen molar-refractivity contribution >= 4 is 0 Å². The average Bonchev–Trinajstić information content (AvgIpc) is 2.04. The Bertz CT molecular complexity index is 294. The van der Waals surface area contributed by atoms with Crippen LogP contribution in [0.5, 0.6) is 0 Å². The van der Waals surface area contributed by atoms with Crippen LogP contribution in [0.1, 0.15) is 16.7 Å². The molecule has 12 heavy (non-hydrogen) atoms. The third-order valence-corrected chi connectivity index (χ3v) is 2.53. The molecule has 1 aromatic carbocycles. The van der Waals surface area contributed by atoms with Gasteiger partial charge in [0, 0.05) is 13.1 Å². The van der Waals surface area contributed by atoms with Gasteiger partial charge in [-0.2, -0.15) is 0 Å². The first-order chi connectivity index (χ1) is 5.77. The van der Waals surface area contributed by atoms with E-state index in [1.807, 2.05) is 5.01 Å². The normalized spacial score (nSPS) is 17.5. The van der Waals surface area contributed by atoms with E-state index < -0.39 is 0 Å². The molecular formula is C10H14N2. The lowest BCUT2D eigenvalue weighted by Gasteiger charge is -2.25. The molecule has 0 aliphatic carbocycles. The summed E-state index contributed by atoms with van der Waals surface area (Å²) in [6.07, 6.45) is 1.10. The topological polar surface area (TPSA) is 29.3 Å². The van der Waals surface area contributed by atoms with E-state index in [1.165, 1.54) is 16.7 Å². The Morgan fingerprint density at radius 3 is 3.08 bits per heavy atom. The van der Waals surface area contributed by atoms with Crippen LogP contribution in [0.4, 0.5) is 0 Å². The second-order valence-electron chi connectivity index (χ2n) is 3.43. The summed E-state index contributed by atoms with van der Waals surface area (Å²) < 4.78 is 0. The fourth-order valence-electron chi connectivity index (χ4n) is 1.82. The van der Waals surface area contributed by atoms with E-state index in [9.17, 15) is 0 Å². The highest BCUT2D eigenvalue weighted by Crippen LogP contribution is 2.19. The van der Waals surface area contributed by atoms with Crippen LogP contribution < -0.4 is 5.84 Å². The third-order valence-electron chi connectivity index (χ3n) is 2.53. The Hall–Kier alpha value is -0.860. The molecule has 2 heteroatoms. The summed E-state index contributed by atoms with van der Waals surface area (Å²) in [6.45, 7) is 4.06. The van der Waals surface area contributed by atoms with Crippen molar-refractivity contribution in [2.45, 2.75) is 19.9 Å². The van der Waals surface area contributed by atoms with Gasteiger partial charge in [0.25, 0.3) is 0 Å². The maximum atomic E-state index is 5.73. The zero-order valence-electron chi connectivity index (χ0n) is 7.38. The Labute approximate surface area is 73.0 Å². The molecule has 0 unspecified atom stereocenters. The Morgan fingerprint density at radius 1 is 1.42 bits per heavy atom. The lowest BCUT2D eigenvalue weighted by Crippen LogP contribution is -2.36. The number of benzene rings is 1. The number of aryl methyl sites for hydroxylation is 1. The summed E-state index contributed by atoms with van der Waals surface area (Å²) in [6, 6.07) is 6.44. The van der Waals surface area contributed by atoms with E-state index in [0.717, 1.165) is 19.5 Å². The number of rotatable bonds is 0. The minimum atomic E-state index is 0.900. The van der Waals surface area contributed by atoms with E-state index in [2.05, 4.69) is 25.1 Å². The molecule has 0 radical (unpaired) electrons. The summed E-state index contributed by atoms with van der Waals surface area (Å²) in [7, 11) is 0. The van der Waals surface area contributed by atoms with Crippen molar-refractivity contribution < 1.29 is 0 Å². The zero-order valence-corrected chi connectivity index (χ0v) is 7.38. The zero-order chi connectivity index (χ0) is 8.55. The van der Waals surface area contributed by atoms with E-state index in [-0.39, 0.29) is 0 Å². The second kappa shape index (κ2) is 2.88. The van der Waals surface area contributed by atoms with Crippen LogP contribution in [-0.2, 0) is 13.0 Å². The molecule has 2 nitrogen and oxygen atoms in total. The summed E-state index contributed by atoms with van der Waals surface area (Å²) in [5.74, 6) is 5.73. The summed E-state index contributed by atoms with van der Waals surface area (Å²) >= 11 is 0. The lowest BCUT2D eigenvalue weighted by molar-refractivity contribution is 0.262. The molecule has 1 heterocycles. The van der Waals surface area contributed by atoms with Gasteiger partial charge < -0.3 is 0 Å². The molecule has 0 spiro atoms. The molecule has 2 rings (SSSR count). The first-order valence-corrected chi connectivity index (χ1v) is 4.34. The lowest BCUT2D eigenvalue weighted by atomic mass is 9.96. The first kappa shape index (κ1) is 7.77. The van der Waals surface area contributed by atoms with Gasteiger partial charge in [0.15, 0.2) is 0 Å². The standard InChI is InChI=1S/C10H14N2/c1-8-3-2-4-9-7-12(11)6-5-10(8)9/h2-4H,5-7,11H2,1H3. The molecule has 1 aromatic rings. The minimum Gasteiger partial charge on any atom is -0.268 e. The molecule has 0 saturated heterocycles. The molecule has 1 aliphatic heterocycles. The molecule has 0 atom stereocenters. The van der Waals surface area contributed by atoms with Crippen LogP contribution in [0.15, 0.2) is 18.2 Å². The van der Waals surface area contributed by atoms with E-state index in [0.29, 0.717) is 0 Å². The van der Waals surface area contributed by atoms with Crippen LogP contribution in [0.25, 0.3) is 0 Å². The van der Waals surface area contributed by atoms with Gasteiger partial charge in [-0.3, -0.25) is 5.84 Å². The summed E-state index contributed by atoms with van der Waals surface area (Å²) in [5, 5.41) is 1.88. The molecule has 0 bridgehead atoms. The third kappa shape index (κ3) is 1.24. The molecule has 0 saturated carbocycles. The molecule has 64 valence electrons. The van der Waals surface area contributed by atoms with Crippen LogP contribution in [-0.4, -0.2) is 11.6 Å². The van der Waals surface area contributed by atoms with Crippen molar-refractivity contribution in [3.8, 4) is 0 Å². The number of hydrazine groups is 1. The predicted octanol–water partition coefficient (Wildman–Crippen LogP) is 1.23. The predicted molar refractivity (Wildman–Crippen MR) is 49.5 cm³/mol. The van der Waals surface area contributed by atoms with Gasteiger partial charge in [-0.15, -0.1) is 0 Å². The number of hydrogen-bond acceptors (Lipinski definition) is 2. The summed E-state index contributed by atoms with van der Waals surface area (Å²) in [4.78, 5) is 0. The smallest absolute Gasteiger partial charge is 0.0382 e. The van der Waals surface area contributed by atoms with Gasteiger partial charge >= 0.3 is 0 Å². The van der Waals surface area contributed by atoms with Gasteiger partial charge in [-0.1, -0.05) is 18.2 Å². The molecule has 2 N–H and O–H groups in total. The van der Waals surface area contributed by atoms with Crippen molar-refractivity contribution in [1.82, 2.24) is 5.01 Å². The monoisotopic (exact) mass is 162 g/mol. The SMILES string of the molecule is Cc1cccc2c1CCN(N)C2. The van der Waals surface area contributed by atoms with E-state index in [4.69, 9.17) is 5.84 Å². The van der Waals surface area contributed by atoms with Crippen LogP contribution in [0.2, 0.25) is 0 Å². The molecule has 0 aromatic heterocycles. The van der Waals surface area contributed by atoms with E-state index >= 15 is 0 Å². The quantitative estimate of drug-likeness (QED) is 0.581. The summed E-state index contributed by atoms with van der Waals surface area (Å²) in [5.41, 5.74) is 4.29. The Morgan fingerprint density at radius 2 is 2.25 bits per heavy atom. The fourth-order valence-corrected chi connectivity index (χ4v) is 1.82. The maximum Gasteiger partial charge on any atom is 0.0382 e. The van der Waals surface area contributed by atoms with Crippen molar-refractivity contribution in [2.75, 3.05) is 6.54 Å². The Kier molecular flexibility index (Phi) is 1.87. The Balaban J connectivity index is 2.42. The highest BCUT2D eigenvalue weighted by Gasteiger charge is 2.13. The van der Waals surface area contributed by atoms with Gasteiger partial charge in [0.1, 0.15) is 0 Å². The number of nitrogens with two attached hydrogens (primary N) is 1. The maximum absolute atomic E-state index is 5.73. The molecule has 1 aliphatic rings. The second-order valence-corrected chi connectivity index (χ2v) is 3.43. The van der Waals surface area contributed by atoms with Crippen molar-refractivity contribution in [1.29, 1.82) is 0 Å². The van der Waals surface area contributed by atoms with Gasteiger partial charge in [-0.25, -0.2) is 5.01 Å². The highest BCUT2D eigenvalue weighted by atomic mass is 15.4. The number of fused-ring (bicyclic) bond motifs is 1. The van der Waals surface area contributed by atoms with E-state index in [1.54, 1.807) is 0 Å². The first-order valence-electron chi connectivity index (χ1n) is 4.34. The van der Waals surface area contributed by atoms with Gasteiger partial charge in [-0.05, 0) is 30.0 Å². The van der Waals surface area contributed by atoms with Crippen molar-refractivity contribution in [3.63, 3.8) is 0 Å². The molecular weight excluding hydrogens is 148 g/mol. The van der Waals surface area contributed by atoms with Gasteiger partial charge in [0.05, 0.1) is 0 Å². The fraction of sp³-hybridized carbons (Fsp3) is 0.400. The van der Waals surface area contributed by atoms with Crippen LogP contribution in [0, 0.1) is 6.92 Å².